The van der Waals surface area contributed by atoms with Crippen LogP contribution in [0.15, 0.2) is 29.3 Å². The number of halogens is 1. The molecule has 0 amide bonds. The van der Waals surface area contributed by atoms with Crippen LogP contribution in [0.2, 0.25) is 0 Å². The van der Waals surface area contributed by atoms with Crippen LogP contribution < -0.4 is 9.47 Å². The monoisotopic (exact) mass is 240 g/mol. The van der Waals surface area contributed by atoms with Gasteiger partial charge in [0, 0.05) is 17.2 Å². The Morgan fingerprint density at radius 1 is 1.69 bits per heavy atom. The minimum absolute atomic E-state index is 0.319. The van der Waals surface area contributed by atoms with Crippen molar-refractivity contribution >= 4 is 11.6 Å². The second kappa shape index (κ2) is 4.76. The first-order chi connectivity index (χ1) is 7.70. The maximum absolute atomic E-state index is 9.54. The molecule has 0 fully saturated rings. The number of rotatable bonds is 3. The average Bonchev–Trinajstić information content (AvgIpc) is 2.67. The fourth-order valence-electron chi connectivity index (χ4n) is 1.49. The van der Waals surface area contributed by atoms with Crippen LogP contribution in [0.1, 0.15) is 18.6 Å². The number of aliphatic hydroxyl groups excluding tert-OH is 1. The van der Waals surface area contributed by atoms with Crippen LogP contribution in [-0.4, -0.2) is 18.3 Å². The first-order valence-electron chi connectivity index (χ1n) is 5.04. The van der Waals surface area contributed by atoms with Crippen molar-refractivity contribution in [2.24, 2.45) is 0 Å². The van der Waals surface area contributed by atoms with Crippen LogP contribution in [0.5, 0.6) is 11.5 Å². The fraction of sp³-hybridized carbons (Fsp3) is 0.333. The van der Waals surface area contributed by atoms with Gasteiger partial charge in [-0.25, -0.2) is 0 Å². The predicted octanol–water partition coefficient (Wildman–Crippen LogP) is 2.63. The van der Waals surface area contributed by atoms with Crippen LogP contribution in [-0.2, 0) is 0 Å². The van der Waals surface area contributed by atoms with Crippen LogP contribution in [0.4, 0.5) is 0 Å². The van der Waals surface area contributed by atoms with E-state index in [4.69, 9.17) is 21.1 Å². The summed E-state index contributed by atoms with van der Waals surface area (Å²) in [7, 11) is 0. The summed E-state index contributed by atoms with van der Waals surface area (Å²) in [6.45, 7) is 2.66. The van der Waals surface area contributed by atoms with Gasteiger partial charge in [-0.15, -0.1) is 0 Å². The van der Waals surface area contributed by atoms with Crippen molar-refractivity contribution in [2.45, 2.75) is 13.0 Å². The van der Waals surface area contributed by atoms with E-state index in [9.17, 15) is 5.11 Å². The molecule has 1 aliphatic heterocycles. The van der Waals surface area contributed by atoms with E-state index < -0.39 is 6.10 Å². The van der Waals surface area contributed by atoms with Crippen LogP contribution >= 0.6 is 11.6 Å². The molecule has 1 aliphatic rings. The SMILES string of the molecule is C/C(=C/Cl)COc1ccc2c(c1)OCC2O. The highest BCUT2D eigenvalue weighted by molar-refractivity contribution is 6.25. The fourth-order valence-corrected chi connectivity index (χ4v) is 1.55. The molecule has 0 spiro atoms. The largest absolute Gasteiger partial charge is 0.490 e. The molecule has 0 radical (unpaired) electrons. The molecule has 1 heterocycles. The predicted molar refractivity (Wildman–Crippen MR) is 62.0 cm³/mol. The highest BCUT2D eigenvalue weighted by Crippen LogP contribution is 2.35. The van der Waals surface area contributed by atoms with Crippen molar-refractivity contribution in [1.29, 1.82) is 0 Å². The minimum atomic E-state index is -0.520. The van der Waals surface area contributed by atoms with Gasteiger partial charge in [-0.2, -0.15) is 0 Å². The quantitative estimate of drug-likeness (QED) is 0.883. The smallest absolute Gasteiger partial charge is 0.129 e. The van der Waals surface area contributed by atoms with Gasteiger partial charge in [0.05, 0.1) is 0 Å². The molecule has 0 aliphatic carbocycles. The molecule has 16 heavy (non-hydrogen) atoms. The van der Waals surface area contributed by atoms with Gasteiger partial charge in [-0.3, -0.25) is 0 Å². The summed E-state index contributed by atoms with van der Waals surface area (Å²) in [6.07, 6.45) is -0.520. The van der Waals surface area contributed by atoms with Crippen LogP contribution in [0, 0.1) is 0 Å². The van der Waals surface area contributed by atoms with E-state index in [1.807, 2.05) is 19.1 Å². The number of hydrogen-bond acceptors (Lipinski definition) is 3. The molecule has 2 rings (SSSR count). The number of hydrogen-bond donors (Lipinski definition) is 1. The molecule has 0 bridgehead atoms. The first-order valence-corrected chi connectivity index (χ1v) is 5.48. The van der Waals surface area contributed by atoms with Gasteiger partial charge in [0.2, 0.25) is 0 Å². The highest BCUT2D eigenvalue weighted by atomic mass is 35.5. The summed E-state index contributed by atoms with van der Waals surface area (Å²) in [5, 5.41) is 9.54. The molecule has 1 unspecified atom stereocenters. The molecule has 0 saturated carbocycles. The lowest BCUT2D eigenvalue weighted by Crippen LogP contribution is -1.98. The maximum atomic E-state index is 9.54. The number of benzene rings is 1. The van der Waals surface area contributed by atoms with Crippen molar-refractivity contribution in [3.63, 3.8) is 0 Å². The number of fused-ring (bicyclic) bond motifs is 1. The summed E-state index contributed by atoms with van der Waals surface area (Å²) in [6, 6.07) is 5.42. The zero-order chi connectivity index (χ0) is 11.5. The molecule has 1 atom stereocenters. The lowest BCUT2D eigenvalue weighted by molar-refractivity contribution is 0.140. The van der Waals surface area contributed by atoms with Crippen molar-refractivity contribution in [3.05, 3.63) is 34.9 Å². The molecular formula is C12H13ClO3. The molecule has 3 nitrogen and oxygen atoms in total. The lowest BCUT2D eigenvalue weighted by atomic mass is 10.1. The molecule has 0 saturated heterocycles. The molecule has 1 aromatic rings. The van der Waals surface area contributed by atoms with Crippen molar-refractivity contribution < 1.29 is 14.6 Å². The summed E-state index contributed by atoms with van der Waals surface area (Å²) >= 11 is 5.53. The van der Waals surface area contributed by atoms with Crippen molar-refractivity contribution in [1.82, 2.24) is 0 Å². The minimum Gasteiger partial charge on any atom is -0.490 e. The summed E-state index contributed by atoms with van der Waals surface area (Å²) in [5.74, 6) is 1.41. The third kappa shape index (κ3) is 2.31. The third-order valence-corrected chi connectivity index (χ3v) is 2.77. The zero-order valence-corrected chi connectivity index (χ0v) is 9.70. The Morgan fingerprint density at radius 2 is 2.50 bits per heavy atom. The topological polar surface area (TPSA) is 38.7 Å². The Bertz CT molecular complexity index is 415. The van der Waals surface area contributed by atoms with Crippen molar-refractivity contribution in [3.8, 4) is 11.5 Å². The van der Waals surface area contributed by atoms with Gasteiger partial charge in [0.25, 0.3) is 0 Å². The molecule has 1 N–H and O–H groups in total. The third-order valence-electron chi connectivity index (χ3n) is 2.39. The van der Waals surface area contributed by atoms with Crippen LogP contribution in [0.3, 0.4) is 0 Å². The molecule has 4 heteroatoms. The number of aliphatic hydroxyl groups is 1. The Morgan fingerprint density at radius 3 is 3.25 bits per heavy atom. The lowest BCUT2D eigenvalue weighted by Gasteiger charge is -2.07. The van der Waals surface area contributed by atoms with E-state index in [1.54, 1.807) is 6.07 Å². The molecule has 1 aromatic carbocycles. The Kier molecular flexibility index (Phi) is 3.36. The molecule has 0 aromatic heterocycles. The van der Waals surface area contributed by atoms with Gasteiger partial charge in [0.15, 0.2) is 0 Å². The van der Waals surface area contributed by atoms with Gasteiger partial charge in [0.1, 0.15) is 30.8 Å². The molecule has 86 valence electrons. The van der Waals surface area contributed by atoms with E-state index >= 15 is 0 Å². The normalized spacial score (nSPS) is 19.2. The number of ether oxygens (including phenoxy) is 2. The van der Waals surface area contributed by atoms with E-state index in [0.717, 1.165) is 11.1 Å². The Balaban J connectivity index is 2.08. The van der Waals surface area contributed by atoms with E-state index in [-0.39, 0.29) is 0 Å². The van der Waals surface area contributed by atoms with Crippen LogP contribution in [0.25, 0.3) is 0 Å². The van der Waals surface area contributed by atoms with Gasteiger partial charge < -0.3 is 14.6 Å². The zero-order valence-electron chi connectivity index (χ0n) is 8.94. The first kappa shape index (κ1) is 11.3. The van der Waals surface area contributed by atoms with E-state index in [2.05, 4.69) is 0 Å². The second-order valence-corrected chi connectivity index (χ2v) is 3.99. The van der Waals surface area contributed by atoms with Crippen molar-refractivity contribution in [2.75, 3.05) is 13.2 Å². The summed E-state index contributed by atoms with van der Waals surface area (Å²) < 4.78 is 10.8. The Labute approximate surface area is 99.3 Å². The van der Waals surface area contributed by atoms with Gasteiger partial charge >= 0.3 is 0 Å². The summed E-state index contributed by atoms with van der Waals surface area (Å²) in [4.78, 5) is 0. The second-order valence-electron chi connectivity index (χ2n) is 3.77. The Hall–Kier alpha value is -1.19. The standard InChI is InChI=1S/C12H13ClO3/c1-8(5-13)6-15-9-2-3-10-11(14)7-16-12(10)4-9/h2-5,11,14H,6-7H2,1H3/b8-5-. The highest BCUT2D eigenvalue weighted by Gasteiger charge is 2.21. The molecular weight excluding hydrogens is 228 g/mol. The summed E-state index contributed by atoms with van der Waals surface area (Å²) in [5.41, 5.74) is 3.26. The van der Waals surface area contributed by atoms with E-state index in [0.29, 0.717) is 24.7 Å². The van der Waals surface area contributed by atoms with Gasteiger partial charge in [-0.05, 0) is 24.6 Å². The van der Waals surface area contributed by atoms with E-state index in [1.165, 1.54) is 5.54 Å². The van der Waals surface area contributed by atoms with Gasteiger partial charge in [-0.1, -0.05) is 11.6 Å². The maximum Gasteiger partial charge on any atom is 0.129 e. The average molecular weight is 241 g/mol.